The average molecular weight is 341 g/mol. The van der Waals surface area contributed by atoms with Gasteiger partial charge in [-0.15, -0.1) is 0 Å². The maximum Gasteiger partial charge on any atom is 0.251 e. The highest BCUT2D eigenvalue weighted by molar-refractivity contribution is 5.99. The molecule has 1 atom stereocenters. The van der Waals surface area contributed by atoms with Crippen molar-refractivity contribution in [3.8, 4) is 0 Å². The molecule has 0 saturated heterocycles. The summed E-state index contributed by atoms with van der Waals surface area (Å²) in [4.78, 5) is 15.8. The monoisotopic (exact) mass is 341 g/mol. The van der Waals surface area contributed by atoms with Crippen molar-refractivity contribution in [3.63, 3.8) is 0 Å². The molecule has 1 aliphatic rings. The molecule has 25 heavy (non-hydrogen) atoms. The summed E-state index contributed by atoms with van der Waals surface area (Å²) in [5.41, 5.74) is 4.65. The summed E-state index contributed by atoms with van der Waals surface area (Å²) in [6.07, 6.45) is 8.67. The Labute approximate surface area is 150 Å². The van der Waals surface area contributed by atoms with E-state index in [0.717, 1.165) is 24.0 Å². The van der Waals surface area contributed by atoms with Crippen molar-refractivity contribution in [3.05, 3.63) is 35.0 Å². The summed E-state index contributed by atoms with van der Waals surface area (Å²) in [5.74, 6) is 0.0146. The third kappa shape index (κ3) is 4.06. The highest BCUT2D eigenvalue weighted by atomic mass is 16.1. The third-order valence-electron chi connectivity index (χ3n) is 5.23. The summed E-state index contributed by atoms with van der Waals surface area (Å²) in [6, 6.07) is 6.45. The minimum Gasteiger partial charge on any atom is -0.357 e. The van der Waals surface area contributed by atoms with E-state index in [1.807, 2.05) is 13.0 Å². The van der Waals surface area contributed by atoms with Gasteiger partial charge in [-0.25, -0.2) is 0 Å². The van der Waals surface area contributed by atoms with Gasteiger partial charge in [-0.3, -0.25) is 4.79 Å². The Morgan fingerprint density at radius 1 is 1.24 bits per heavy atom. The second-order valence-corrected chi connectivity index (χ2v) is 7.10. The number of amides is 1. The number of rotatable bonds is 8. The minimum atomic E-state index is 0.0146. The molecule has 1 unspecified atom stereocenters. The third-order valence-corrected chi connectivity index (χ3v) is 5.23. The summed E-state index contributed by atoms with van der Waals surface area (Å²) in [7, 11) is 0. The van der Waals surface area contributed by atoms with E-state index in [1.54, 1.807) is 0 Å². The quantitative estimate of drug-likeness (QED) is 0.621. The molecular formula is C21H31N3O. The molecule has 1 aromatic heterocycles. The number of unbranched alkanes of at least 4 members (excludes halogenated alkanes) is 3. The molecule has 0 spiro atoms. The SMILES string of the molecule is CCCCCCNC1CCCc2c1[nH]c1ccc(C(=O)NCC)cc21. The summed E-state index contributed by atoms with van der Waals surface area (Å²) >= 11 is 0. The standard InChI is InChI=1S/C21H31N3O/c1-3-5-6-7-13-23-19-10-8-9-16-17-14-15(21(25)22-4-2)11-12-18(17)24-20(16)19/h11-12,14,19,23-24H,3-10,13H2,1-2H3,(H,22,25). The van der Waals surface area contributed by atoms with Crippen LogP contribution in [0, 0.1) is 0 Å². The first-order chi connectivity index (χ1) is 12.2. The fraction of sp³-hybridized carbons (Fsp3) is 0.571. The van der Waals surface area contributed by atoms with E-state index in [0.29, 0.717) is 12.6 Å². The van der Waals surface area contributed by atoms with Crippen molar-refractivity contribution in [2.75, 3.05) is 13.1 Å². The van der Waals surface area contributed by atoms with Crippen LogP contribution in [-0.2, 0) is 6.42 Å². The fourth-order valence-electron chi connectivity index (χ4n) is 3.90. The second-order valence-electron chi connectivity index (χ2n) is 7.10. The fourth-order valence-corrected chi connectivity index (χ4v) is 3.90. The Morgan fingerprint density at radius 2 is 2.12 bits per heavy atom. The van der Waals surface area contributed by atoms with Crippen molar-refractivity contribution in [1.29, 1.82) is 0 Å². The molecule has 136 valence electrons. The van der Waals surface area contributed by atoms with Crippen LogP contribution in [0.5, 0.6) is 0 Å². The van der Waals surface area contributed by atoms with E-state index < -0.39 is 0 Å². The lowest BCUT2D eigenvalue weighted by atomic mass is 9.91. The van der Waals surface area contributed by atoms with Gasteiger partial charge in [0, 0.05) is 34.7 Å². The molecule has 0 fully saturated rings. The van der Waals surface area contributed by atoms with Gasteiger partial charge in [-0.1, -0.05) is 26.2 Å². The Morgan fingerprint density at radius 3 is 2.92 bits per heavy atom. The number of hydrogen-bond acceptors (Lipinski definition) is 2. The Hall–Kier alpha value is -1.81. The lowest BCUT2D eigenvalue weighted by Gasteiger charge is -2.24. The number of benzene rings is 1. The van der Waals surface area contributed by atoms with E-state index in [1.165, 1.54) is 55.2 Å². The summed E-state index contributed by atoms with van der Waals surface area (Å²) in [6.45, 7) is 5.95. The summed E-state index contributed by atoms with van der Waals surface area (Å²) < 4.78 is 0. The number of nitrogens with one attached hydrogen (secondary N) is 3. The molecule has 1 amide bonds. The predicted molar refractivity (Wildman–Crippen MR) is 104 cm³/mol. The highest BCUT2D eigenvalue weighted by Crippen LogP contribution is 2.35. The second kappa shape index (κ2) is 8.52. The average Bonchev–Trinajstić information content (AvgIpc) is 3.00. The molecule has 0 aliphatic heterocycles. The maximum atomic E-state index is 12.1. The number of carbonyl (C=O) groups is 1. The van der Waals surface area contributed by atoms with Crippen molar-refractivity contribution < 1.29 is 4.79 Å². The first-order valence-corrected chi connectivity index (χ1v) is 9.90. The van der Waals surface area contributed by atoms with Gasteiger partial charge in [0.2, 0.25) is 0 Å². The van der Waals surface area contributed by atoms with Crippen LogP contribution in [0.3, 0.4) is 0 Å². The molecule has 1 aromatic carbocycles. The molecule has 3 rings (SSSR count). The molecular weight excluding hydrogens is 310 g/mol. The first kappa shape index (κ1) is 18.0. The van der Waals surface area contributed by atoms with Crippen molar-refractivity contribution >= 4 is 16.8 Å². The van der Waals surface area contributed by atoms with Gasteiger partial charge in [0.1, 0.15) is 0 Å². The molecule has 1 aliphatic carbocycles. The number of fused-ring (bicyclic) bond motifs is 3. The molecule has 2 aromatic rings. The number of carbonyl (C=O) groups excluding carboxylic acids is 1. The zero-order valence-corrected chi connectivity index (χ0v) is 15.6. The van der Waals surface area contributed by atoms with E-state index in [4.69, 9.17) is 0 Å². The Balaban J connectivity index is 1.77. The molecule has 4 heteroatoms. The number of aryl methyl sites for hydroxylation is 1. The van der Waals surface area contributed by atoms with Crippen LogP contribution in [0.2, 0.25) is 0 Å². The van der Waals surface area contributed by atoms with Gasteiger partial charge in [-0.2, -0.15) is 0 Å². The van der Waals surface area contributed by atoms with E-state index in [2.05, 4.69) is 34.7 Å². The van der Waals surface area contributed by atoms with Gasteiger partial charge >= 0.3 is 0 Å². The lowest BCUT2D eigenvalue weighted by molar-refractivity contribution is 0.0956. The maximum absolute atomic E-state index is 12.1. The van der Waals surface area contributed by atoms with Crippen LogP contribution in [-0.4, -0.2) is 24.0 Å². The smallest absolute Gasteiger partial charge is 0.251 e. The Kier molecular flexibility index (Phi) is 6.14. The number of aromatic nitrogens is 1. The van der Waals surface area contributed by atoms with Gasteiger partial charge in [0.25, 0.3) is 5.91 Å². The van der Waals surface area contributed by atoms with Crippen LogP contribution in [0.15, 0.2) is 18.2 Å². The van der Waals surface area contributed by atoms with E-state index in [9.17, 15) is 4.79 Å². The predicted octanol–water partition coefficient (Wildman–Crippen LogP) is 4.46. The van der Waals surface area contributed by atoms with Crippen LogP contribution < -0.4 is 10.6 Å². The topological polar surface area (TPSA) is 56.9 Å². The van der Waals surface area contributed by atoms with Crippen LogP contribution >= 0.6 is 0 Å². The number of aromatic amines is 1. The van der Waals surface area contributed by atoms with Crippen molar-refractivity contribution in [2.24, 2.45) is 0 Å². The lowest BCUT2D eigenvalue weighted by Crippen LogP contribution is -2.26. The summed E-state index contributed by atoms with van der Waals surface area (Å²) in [5, 5.41) is 7.85. The van der Waals surface area contributed by atoms with Crippen LogP contribution in [0.25, 0.3) is 10.9 Å². The Bertz CT molecular complexity index is 719. The molecule has 0 bridgehead atoms. The first-order valence-electron chi connectivity index (χ1n) is 9.90. The minimum absolute atomic E-state index is 0.0146. The van der Waals surface area contributed by atoms with Gasteiger partial charge in [0.15, 0.2) is 0 Å². The highest BCUT2D eigenvalue weighted by Gasteiger charge is 2.24. The van der Waals surface area contributed by atoms with Gasteiger partial charge < -0.3 is 15.6 Å². The molecule has 1 heterocycles. The van der Waals surface area contributed by atoms with Gasteiger partial charge in [0.05, 0.1) is 0 Å². The molecule has 0 saturated carbocycles. The molecule has 3 N–H and O–H groups in total. The zero-order chi connectivity index (χ0) is 17.6. The largest absolute Gasteiger partial charge is 0.357 e. The van der Waals surface area contributed by atoms with Crippen molar-refractivity contribution in [2.45, 2.75) is 64.8 Å². The molecule has 0 radical (unpaired) electrons. The number of H-pyrrole nitrogens is 1. The van der Waals surface area contributed by atoms with Crippen LogP contribution in [0.4, 0.5) is 0 Å². The van der Waals surface area contributed by atoms with Crippen LogP contribution in [0.1, 0.15) is 80.0 Å². The van der Waals surface area contributed by atoms with E-state index >= 15 is 0 Å². The molecule has 4 nitrogen and oxygen atoms in total. The van der Waals surface area contributed by atoms with E-state index in [-0.39, 0.29) is 5.91 Å². The van der Waals surface area contributed by atoms with Crippen molar-refractivity contribution in [1.82, 2.24) is 15.6 Å². The zero-order valence-electron chi connectivity index (χ0n) is 15.6. The number of hydrogen-bond donors (Lipinski definition) is 3. The normalized spacial score (nSPS) is 16.8. The van der Waals surface area contributed by atoms with Gasteiger partial charge in [-0.05, 0) is 62.9 Å².